The van der Waals surface area contributed by atoms with Crippen LogP contribution in [0.25, 0.3) is 22.6 Å². The van der Waals surface area contributed by atoms with Crippen LogP contribution in [0.1, 0.15) is 32.2 Å². The number of furan rings is 2. The molecule has 0 atom stereocenters. The van der Waals surface area contributed by atoms with Crippen LogP contribution >= 0.6 is 0 Å². The molecule has 4 aromatic rings. The molecule has 2 aromatic heterocycles. The lowest BCUT2D eigenvalue weighted by Crippen LogP contribution is -2.00. The number of nitro groups is 2. The smallest absolute Gasteiger partial charge is 0.341 e. The lowest BCUT2D eigenvalue weighted by molar-refractivity contribution is -0.385. The van der Waals surface area contributed by atoms with Crippen molar-refractivity contribution >= 4 is 23.3 Å². The number of nitro benzene ring substituents is 2. The molecule has 2 heterocycles. The molecule has 1 N–H and O–H groups in total. The second kappa shape index (κ2) is 12.5. The Hall–Kier alpha value is -5.66. The molecule has 0 saturated heterocycles. The summed E-state index contributed by atoms with van der Waals surface area (Å²) in [6.45, 7) is 3.12. The molecule has 4 rings (SSSR count). The number of carbonyl (C=O) groups is 2. The molecule has 0 aliphatic heterocycles. The van der Waals surface area contributed by atoms with E-state index in [1.54, 1.807) is 19.1 Å². The zero-order chi connectivity index (χ0) is 30.4. The summed E-state index contributed by atoms with van der Waals surface area (Å²) in [6, 6.07) is 11.6. The maximum Gasteiger partial charge on any atom is 0.341 e. The van der Waals surface area contributed by atoms with E-state index in [9.17, 15) is 29.8 Å². The van der Waals surface area contributed by atoms with Crippen molar-refractivity contribution in [2.45, 2.75) is 13.8 Å². The number of para-hydroxylation sites is 2. The van der Waals surface area contributed by atoms with Gasteiger partial charge in [-0.15, -0.1) is 0 Å². The molecular formula is C27H24N2O12. The Morgan fingerprint density at radius 2 is 1.17 bits per heavy atom. The van der Waals surface area contributed by atoms with Gasteiger partial charge in [-0.05, 0) is 38.1 Å². The van der Waals surface area contributed by atoms with Crippen molar-refractivity contribution < 1.29 is 47.6 Å². The van der Waals surface area contributed by atoms with Gasteiger partial charge in [0.2, 0.25) is 11.5 Å². The van der Waals surface area contributed by atoms with Crippen molar-refractivity contribution in [1.29, 1.82) is 0 Å². The zero-order valence-corrected chi connectivity index (χ0v) is 22.5. The quantitative estimate of drug-likeness (QED) is 0.152. The fraction of sp³-hybridized carbons (Fsp3) is 0.185. The summed E-state index contributed by atoms with van der Waals surface area (Å²) < 4.78 is 25.7. The lowest BCUT2D eigenvalue weighted by atomic mass is 10.1. The molecule has 41 heavy (non-hydrogen) atoms. The van der Waals surface area contributed by atoms with E-state index in [-0.39, 0.29) is 45.5 Å². The summed E-state index contributed by atoms with van der Waals surface area (Å²) in [5, 5.41) is 31.0. The Morgan fingerprint density at radius 1 is 0.756 bits per heavy atom. The number of esters is 1. The fourth-order valence-corrected chi connectivity index (χ4v) is 3.91. The van der Waals surface area contributed by atoms with Gasteiger partial charge in [-0.3, -0.25) is 20.2 Å². The molecule has 0 saturated carbocycles. The van der Waals surface area contributed by atoms with Gasteiger partial charge in [-0.25, -0.2) is 9.59 Å². The van der Waals surface area contributed by atoms with Crippen LogP contribution in [0.5, 0.6) is 11.5 Å². The molecule has 214 valence electrons. The van der Waals surface area contributed by atoms with E-state index in [1.807, 2.05) is 0 Å². The number of hydrogen-bond acceptors (Lipinski definition) is 11. The largest absolute Gasteiger partial charge is 0.490 e. The van der Waals surface area contributed by atoms with Crippen molar-refractivity contribution in [1.82, 2.24) is 0 Å². The highest BCUT2D eigenvalue weighted by Crippen LogP contribution is 2.40. The lowest BCUT2D eigenvalue weighted by Gasteiger charge is -2.06. The van der Waals surface area contributed by atoms with E-state index < -0.39 is 21.8 Å². The third-order valence-corrected chi connectivity index (χ3v) is 5.79. The summed E-state index contributed by atoms with van der Waals surface area (Å²) in [5.74, 6) is -0.454. The van der Waals surface area contributed by atoms with Gasteiger partial charge in [0.1, 0.15) is 34.2 Å². The van der Waals surface area contributed by atoms with Gasteiger partial charge in [-0.2, -0.15) is 0 Å². The van der Waals surface area contributed by atoms with Crippen molar-refractivity contribution in [2.75, 3.05) is 21.3 Å². The first kappa shape index (κ1) is 29.9. The summed E-state index contributed by atoms with van der Waals surface area (Å²) in [7, 11) is 3.91. The SMILES string of the molecule is COC(=O)c1cc(-c2cccc([N+](=O)[O-])c2OC)oc1C.COc1c(-c2cc(C(=O)O)c(C)o2)cccc1[N+](=O)[O-]. The number of aryl methyl sites for hydroxylation is 2. The van der Waals surface area contributed by atoms with Gasteiger partial charge in [0.15, 0.2) is 0 Å². The topological polar surface area (TPSA) is 195 Å². The van der Waals surface area contributed by atoms with Crippen LogP contribution in [0.2, 0.25) is 0 Å². The number of aromatic carboxylic acids is 1. The van der Waals surface area contributed by atoms with E-state index in [0.717, 1.165) is 0 Å². The van der Waals surface area contributed by atoms with Gasteiger partial charge >= 0.3 is 23.3 Å². The predicted molar refractivity (Wildman–Crippen MR) is 142 cm³/mol. The molecule has 0 fully saturated rings. The molecule has 2 aromatic carbocycles. The fourth-order valence-electron chi connectivity index (χ4n) is 3.91. The predicted octanol–water partition coefficient (Wildman–Crippen LogP) is 5.83. The third-order valence-electron chi connectivity index (χ3n) is 5.79. The van der Waals surface area contributed by atoms with Crippen molar-refractivity contribution in [3.05, 3.63) is 91.4 Å². The maximum absolute atomic E-state index is 11.6. The maximum atomic E-state index is 11.6. The van der Waals surface area contributed by atoms with E-state index in [4.69, 9.17) is 23.4 Å². The van der Waals surface area contributed by atoms with Crippen LogP contribution < -0.4 is 9.47 Å². The Balaban J connectivity index is 0.000000226. The number of hydrogen-bond donors (Lipinski definition) is 1. The van der Waals surface area contributed by atoms with Gasteiger partial charge in [0, 0.05) is 12.1 Å². The number of rotatable bonds is 8. The number of carboxylic acids is 1. The zero-order valence-electron chi connectivity index (χ0n) is 22.5. The van der Waals surface area contributed by atoms with Gasteiger partial charge in [0.25, 0.3) is 0 Å². The summed E-state index contributed by atoms with van der Waals surface area (Å²) in [5.41, 5.74) is 0.608. The van der Waals surface area contributed by atoms with Gasteiger partial charge in [-0.1, -0.05) is 12.1 Å². The molecule has 14 nitrogen and oxygen atoms in total. The Bertz CT molecular complexity index is 1630. The van der Waals surface area contributed by atoms with Gasteiger partial charge in [0.05, 0.1) is 42.3 Å². The Morgan fingerprint density at radius 3 is 1.51 bits per heavy atom. The van der Waals surface area contributed by atoms with Crippen LogP contribution in [0, 0.1) is 34.1 Å². The van der Waals surface area contributed by atoms with E-state index in [0.29, 0.717) is 22.6 Å². The third kappa shape index (κ3) is 6.16. The summed E-state index contributed by atoms with van der Waals surface area (Å²) in [4.78, 5) is 43.4. The Labute approximate surface area is 232 Å². The molecule has 0 unspecified atom stereocenters. The van der Waals surface area contributed by atoms with Crippen molar-refractivity contribution in [2.24, 2.45) is 0 Å². The van der Waals surface area contributed by atoms with E-state index >= 15 is 0 Å². The van der Waals surface area contributed by atoms with Gasteiger partial charge < -0.3 is 28.2 Å². The first-order valence-corrected chi connectivity index (χ1v) is 11.6. The minimum atomic E-state index is -1.12. The molecule has 0 aliphatic carbocycles. The molecule has 0 spiro atoms. The van der Waals surface area contributed by atoms with Crippen LogP contribution in [0.15, 0.2) is 57.4 Å². The van der Waals surface area contributed by atoms with Crippen LogP contribution in [0.3, 0.4) is 0 Å². The number of ether oxygens (including phenoxy) is 3. The molecule has 0 aliphatic rings. The average Bonchev–Trinajstić information content (AvgIpc) is 3.54. The number of carbonyl (C=O) groups excluding carboxylic acids is 1. The molecule has 0 amide bonds. The second-order valence-electron chi connectivity index (χ2n) is 8.19. The highest BCUT2D eigenvalue weighted by Gasteiger charge is 2.25. The van der Waals surface area contributed by atoms with Crippen LogP contribution in [-0.2, 0) is 4.74 Å². The molecule has 0 radical (unpaired) electrons. The average molecular weight is 568 g/mol. The first-order chi connectivity index (χ1) is 19.4. The number of carboxylic acid groups (broad SMARTS) is 1. The van der Waals surface area contributed by atoms with E-state index in [1.165, 1.54) is 64.7 Å². The summed E-state index contributed by atoms with van der Waals surface area (Å²) >= 11 is 0. The standard InChI is InChI=1S/C14H13NO6.C13H11NO6/c1-8-10(14(16)20-3)7-12(21-8)9-5-4-6-11(15(17)18)13(9)19-2;1-7-9(13(15)16)6-11(20-7)8-4-3-5-10(14(17)18)12(8)19-2/h4-7H,1-3H3;3-6H,1-2H3,(H,15,16). The highest BCUT2D eigenvalue weighted by molar-refractivity contribution is 5.92. The van der Waals surface area contributed by atoms with Crippen LogP contribution in [0.4, 0.5) is 11.4 Å². The minimum absolute atomic E-state index is 0.00793. The van der Waals surface area contributed by atoms with Crippen molar-refractivity contribution in [3.8, 4) is 34.1 Å². The van der Waals surface area contributed by atoms with E-state index in [2.05, 4.69) is 4.74 Å². The highest BCUT2D eigenvalue weighted by atomic mass is 16.6. The summed E-state index contributed by atoms with van der Waals surface area (Å²) in [6.07, 6.45) is 0. The monoisotopic (exact) mass is 568 g/mol. The Kier molecular flexibility index (Phi) is 9.09. The number of benzene rings is 2. The number of nitrogens with zero attached hydrogens (tertiary/aromatic N) is 2. The first-order valence-electron chi connectivity index (χ1n) is 11.6. The normalized spacial score (nSPS) is 10.3. The van der Waals surface area contributed by atoms with Crippen molar-refractivity contribution in [3.63, 3.8) is 0 Å². The molecule has 0 bridgehead atoms. The molecule has 14 heteroatoms. The minimum Gasteiger partial charge on any atom is -0.490 e. The molecular weight excluding hydrogens is 544 g/mol. The number of methoxy groups -OCH3 is 3. The second-order valence-corrected chi connectivity index (χ2v) is 8.19. The van der Waals surface area contributed by atoms with Crippen LogP contribution in [-0.4, -0.2) is 48.2 Å².